The first-order valence-corrected chi connectivity index (χ1v) is 5.66. The van der Waals surface area contributed by atoms with Gasteiger partial charge in [-0.3, -0.25) is 0 Å². The zero-order valence-electron chi connectivity index (χ0n) is 6.95. The maximum Gasteiger partial charge on any atom is 0.150 e. The van der Waals surface area contributed by atoms with Gasteiger partial charge in [0.15, 0.2) is 0 Å². The van der Waals surface area contributed by atoms with Gasteiger partial charge in [-0.05, 0) is 6.42 Å². The molecule has 0 spiro atoms. The number of sulfone groups is 1. The molecule has 0 unspecified atom stereocenters. The molecule has 0 aromatic rings. The average molecular weight is 188 g/mol. The van der Waals surface area contributed by atoms with Gasteiger partial charge in [0.25, 0.3) is 0 Å². The van der Waals surface area contributed by atoms with Crippen molar-refractivity contribution in [1.82, 2.24) is 0 Å². The first-order chi connectivity index (χ1) is 5.43. The molecule has 0 aliphatic heterocycles. The molecule has 0 saturated heterocycles. The molecule has 0 bridgehead atoms. The molecule has 2 N–H and O–H groups in total. The van der Waals surface area contributed by atoms with Crippen LogP contribution in [0, 0.1) is 17.2 Å². The van der Waals surface area contributed by atoms with Crippen LogP contribution in [0.2, 0.25) is 0 Å². The summed E-state index contributed by atoms with van der Waals surface area (Å²) in [5.74, 6) is 0.0471. The van der Waals surface area contributed by atoms with Crippen molar-refractivity contribution in [3.05, 3.63) is 0 Å². The van der Waals surface area contributed by atoms with E-state index in [-0.39, 0.29) is 17.4 Å². The Hall–Kier alpha value is -0.600. The van der Waals surface area contributed by atoms with E-state index in [1.54, 1.807) is 6.92 Å². The lowest BCUT2D eigenvalue weighted by Gasteiger charge is -2.00. The molecule has 0 radical (unpaired) electrons. The smallest absolute Gasteiger partial charge is 0.150 e. The normalized spacial score (nSPS) is 34.2. The minimum atomic E-state index is -2.97. The quantitative estimate of drug-likeness (QED) is 0.656. The first kappa shape index (κ1) is 9.49. The van der Waals surface area contributed by atoms with Crippen molar-refractivity contribution in [2.75, 3.05) is 11.5 Å². The Kier molecular flexibility index (Phi) is 2.15. The van der Waals surface area contributed by atoms with Crippen LogP contribution < -0.4 is 5.73 Å². The highest BCUT2D eigenvalue weighted by Crippen LogP contribution is 2.41. The van der Waals surface area contributed by atoms with Gasteiger partial charge in [-0.25, -0.2) is 8.42 Å². The maximum atomic E-state index is 11.1. The highest BCUT2D eigenvalue weighted by atomic mass is 32.2. The second-order valence-electron chi connectivity index (χ2n) is 3.25. The van der Waals surface area contributed by atoms with E-state index in [9.17, 15) is 8.42 Å². The van der Waals surface area contributed by atoms with E-state index < -0.39 is 15.4 Å². The minimum absolute atomic E-state index is 0.0631. The fourth-order valence-electron chi connectivity index (χ4n) is 1.12. The molecular weight excluding hydrogens is 176 g/mol. The average Bonchev–Trinajstić information content (AvgIpc) is 2.62. The number of nitriles is 1. The summed E-state index contributed by atoms with van der Waals surface area (Å²) in [5, 5.41) is 8.54. The van der Waals surface area contributed by atoms with E-state index in [0.29, 0.717) is 6.42 Å². The van der Waals surface area contributed by atoms with Crippen molar-refractivity contribution in [3.63, 3.8) is 0 Å². The van der Waals surface area contributed by atoms with Crippen molar-refractivity contribution in [2.45, 2.75) is 18.9 Å². The lowest BCUT2D eigenvalue weighted by atomic mass is 10.3. The molecule has 0 aromatic heterocycles. The van der Waals surface area contributed by atoms with Gasteiger partial charge >= 0.3 is 0 Å². The number of nitrogens with zero attached hydrogens (tertiary/aromatic N) is 1. The molecule has 0 aromatic carbocycles. The van der Waals surface area contributed by atoms with Gasteiger partial charge in [-0.2, -0.15) is 5.26 Å². The van der Waals surface area contributed by atoms with Gasteiger partial charge in [0, 0.05) is 11.7 Å². The molecule has 5 heteroatoms. The van der Waals surface area contributed by atoms with E-state index in [4.69, 9.17) is 11.0 Å². The van der Waals surface area contributed by atoms with Crippen LogP contribution in [0.25, 0.3) is 0 Å². The SMILES string of the molecule is CCS(=O)(=O)C[C@@H]1C[C@@]1(N)C#N. The fourth-order valence-corrected chi connectivity index (χ4v) is 2.38. The lowest BCUT2D eigenvalue weighted by molar-refractivity contribution is 0.590. The van der Waals surface area contributed by atoms with Crippen LogP contribution >= 0.6 is 0 Å². The van der Waals surface area contributed by atoms with Crippen molar-refractivity contribution >= 4 is 9.84 Å². The van der Waals surface area contributed by atoms with Crippen LogP contribution in [-0.4, -0.2) is 25.5 Å². The molecule has 0 heterocycles. The van der Waals surface area contributed by atoms with E-state index in [1.165, 1.54) is 0 Å². The second-order valence-corrected chi connectivity index (χ2v) is 5.65. The predicted molar refractivity (Wildman–Crippen MR) is 45.0 cm³/mol. The summed E-state index contributed by atoms with van der Waals surface area (Å²) >= 11 is 0. The van der Waals surface area contributed by atoms with Crippen LogP contribution in [0.4, 0.5) is 0 Å². The Morgan fingerprint density at radius 1 is 1.75 bits per heavy atom. The van der Waals surface area contributed by atoms with Crippen LogP contribution in [0.3, 0.4) is 0 Å². The van der Waals surface area contributed by atoms with Crippen molar-refractivity contribution in [1.29, 1.82) is 5.26 Å². The fraction of sp³-hybridized carbons (Fsp3) is 0.857. The zero-order chi connectivity index (χ0) is 9.41. The maximum absolute atomic E-state index is 11.1. The molecule has 1 rings (SSSR count). The Bertz CT molecular complexity index is 317. The number of hydrogen-bond donors (Lipinski definition) is 1. The largest absolute Gasteiger partial charge is 0.313 e. The summed E-state index contributed by atoms with van der Waals surface area (Å²) in [6.07, 6.45) is 0.517. The molecule has 12 heavy (non-hydrogen) atoms. The molecule has 0 amide bonds. The molecule has 2 atom stereocenters. The Morgan fingerprint density at radius 3 is 2.67 bits per heavy atom. The Balaban J connectivity index is 2.55. The third-order valence-corrected chi connectivity index (χ3v) is 4.05. The van der Waals surface area contributed by atoms with Crippen molar-refractivity contribution in [3.8, 4) is 6.07 Å². The highest BCUT2D eigenvalue weighted by molar-refractivity contribution is 7.91. The lowest BCUT2D eigenvalue weighted by Crippen LogP contribution is -2.25. The van der Waals surface area contributed by atoms with Gasteiger partial charge in [0.1, 0.15) is 15.4 Å². The van der Waals surface area contributed by atoms with E-state index >= 15 is 0 Å². The van der Waals surface area contributed by atoms with E-state index in [1.807, 2.05) is 6.07 Å². The third-order valence-electron chi connectivity index (χ3n) is 2.26. The van der Waals surface area contributed by atoms with Gasteiger partial charge < -0.3 is 5.73 Å². The first-order valence-electron chi connectivity index (χ1n) is 3.84. The topological polar surface area (TPSA) is 83.9 Å². The molecule has 68 valence electrons. The third kappa shape index (κ3) is 1.76. The number of rotatable bonds is 3. The van der Waals surface area contributed by atoms with E-state index in [0.717, 1.165) is 0 Å². The predicted octanol–water partition coefficient (Wildman–Crippen LogP) is -0.338. The molecule has 4 nitrogen and oxygen atoms in total. The van der Waals surface area contributed by atoms with E-state index in [2.05, 4.69) is 0 Å². The standard InChI is InChI=1S/C7H12N2O2S/c1-2-12(10,11)4-6-3-7(6,9)5-8/h6H,2-4,9H2,1H3/t6-,7+/m0/s1. The summed E-state index contributed by atoms with van der Waals surface area (Å²) in [7, 11) is -2.97. The molecule has 1 aliphatic rings. The van der Waals surface area contributed by atoms with Gasteiger partial charge in [0.05, 0.1) is 11.8 Å². The molecular formula is C7H12N2O2S. The molecule has 1 fully saturated rings. The highest BCUT2D eigenvalue weighted by Gasteiger charge is 2.53. The van der Waals surface area contributed by atoms with Gasteiger partial charge in [-0.15, -0.1) is 0 Å². The van der Waals surface area contributed by atoms with Crippen LogP contribution in [0.1, 0.15) is 13.3 Å². The summed E-state index contributed by atoms with van der Waals surface area (Å²) in [6, 6.07) is 1.93. The second kappa shape index (κ2) is 2.71. The van der Waals surface area contributed by atoms with Gasteiger partial charge in [-0.1, -0.05) is 6.92 Å². The minimum Gasteiger partial charge on any atom is -0.313 e. The van der Waals surface area contributed by atoms with Gasteiger partial charge in [0.2, 0.25) is 0 Å². The summed E-state index contributed by atoms with van der Waals surface area (Å²) in [4.78, 5) is 0. The number of hydrogen-bond acceptors (Lipinski definition) is 4. The monoisotopic (exact) mass is 188 g/mol. The van der Waals surface area contributed by atoms with Crippen LogP contribution in [0.15, 0.2) is 0 Å². The Labute approximate surface area is 72.3 Å². The number of nitrogens with two attached hydrogens (primary N) is 1. The summed E-state index contributed by atoms with van der Waals surface area (Å²) in [5.41, 5.74) is 4.67. The zero-order valence-corrected chi connectivity index (χ0v) is 7.76. The molecule has 1 aliphatic carbocycles. The summed E-state index contributed by atoms with van der Waals surface area (Å²) in [6.45, 7) is 1.60. The summed E-state index contributed by atoms with van der Waals surface area (Å²) < 4.78 is 22.2. The Morgan fingerprint density at radius 2 is 2.33 bits per heavy atom. The van der Waals surface area contributed by atoms with Crippen LogP contribution in [-0.2, 0) is 9.84 Å². The molecule has 1 saturated carbocycles. The van der Waals surface area contributed by atoms with Crippen molar-refractivity contribution in [2.24, 2.45) is 11.7 Å². The van der Waals surface area contributed by atoms with Crippen LogP contribution in [0.5, 0.6) is 0 Å². The van der Waals surface area contributed by atoms with Crippen molar-refractivity contribution < 1.29 is 8.42 Å².